The van der Waals surface area contributed by atoms with Gasteiger partial charge in [0.1, 0.15) is 5.82 Å². The van der Waals surface area contributed by atoms with Crippen LogP contribution in [0.4, 0.5) is 4.39 Å². The maximum Gasteiger partial charge on any atom is 0.307 e. The van der Waals surface area contributed by atoms with Crippen molar-refractivity contribution in [3.63, 3.8) is 0 Å². The lowest BCUT2D eigenvalue weighted by atomic mass is 9.92. The van der Waals surface area contributed by atoms with Crippen molar-refractivity contribution in [2.75, 3.05) is 0 Å². The molecule has 0 aliphatic carbocycles. The Morgan fingerprint density at radius 2 is 1.86 bits per heavy atom. The van der Waals surface area contributed by atoms with E-state index < -0.39 is 17.7 Å². The highest BCUT2D eigenvalue weighted by Gasteiger charge is 2.20. The summed E-state index contributed by atoms with van der Waals surface area (Å²) in [7, 11) is 0. The van der Waals surface area contributed by atoms with Gasteiger partial charge in [-0.3, -0.25) is 4.79 Å². The van der Waals surface area contributed by atoms with Crippen molar-refractivity contribution < 1.29 is 14.3 Å². The second kappa shape index (κ2) is 7.05. The van der Waals surface area contributed by atoms with Gasteiger partial charge >= 0.3 is 5.97 Å². The minimum Gasteiger partial charge on any atom is -0.481 e. The predicted octanol–water partition coefficient (Wildman–Crippen LogP) is 4.73. The van der Waals surface area contributed by atoms with Gasteiger partial charge in [0.05, 0.1) is 5.92 Å². The minimum absolute atomic E-state index is 0.150. The molecule has 21 heavy (non-hydrogen) atoms. The SMILES string of the molecule is O=C(O)C(Cc1ccc(Cl)cc1)Cc1ccc(Br)cc1F. The Labute approximate surface area is 135 Å². The smallest absolute Gasteiger partial charge is 0.307 e. The van der Waals surface area contributed by atoms with Crippen LogP contribution in [0.2, 0.25) is 5.02 Å². The molecule has 2 rings (SSSR count). The molecule has 2 aromatic rings. The zero-order valence-corrected chi connectivity index (χ0v) is 13.4. The molecule has 1 unspecified atom stereocenters. The average Bonchev–Trinajstić information content (AvgIpc) is 2.43. The molecule has 2 nitrogen and oxygen atoms in total. The van der Waals surface area contributed by atoms with Gasteiger partial charge in [-0.15, -0.1) is 0 Å². The van der Waals surface area contributed by atoms with E-state index in [1.54, 1.807) is 36.4 Å². The number of hydrogen-bond donors (Lipinski definition) is 1. The van der Waals surface area contributed by atoms with E-state index in [2.05, 4.69) is 15.9 Å². The Morgan fingerprint density at radius 3 is 2.43 bits per heavy atom. The van der Waals surface area contributed by atoms with Crippen LogP contribution in [0.3, 0.4) is 0 Å². The van der Waals surface area contributed by atoms with Gasteiger partial charge < -0.3 is 5.11 Å². The molecule has 0 aliphatic heterocycles. The Kier molecular flexibility index (Phi) is 5.37. The summed E-state index contributed by atoms with van der Waals surface area (Å²) < 4.78 is 14.5. The highest BCUT2D eigenvalue weighted by atomic mass is 79.9. The van der Waals surface area contributed by atoms with Crippen LogP contribution in [0.25, 0.3) is 0 Å². The van der Waals surface area contributed by atoms with Crippen LogP contribution in [0.5, 0.6) is 0 Å². The molecule has 1 N–H and O–H groups in total. The fourth-order valence-electron chi connectivity index (χ4n) is 2.10. The van der Waals surface area contributed by atoms with Gasteiger partial charge in [0.2, 0.25) is 0 Å². The summed E-state index contributed by atoms with van der Waals surface area (Å²) in [5.74, 6) is -2.01. The van der Waals surface area contributed by atoms with E-state index in [4.69, 9.17) is 11.6 Å². The molecule has 0 spiro atoms. The molecule has 0 aromatic heterocycles. The molecule has 0 saturated heterocycles. The van der Waals surface area contributed by atoms with Crippen LogP contribution in [-0.4, -0.2) is 11.1 Å². The van der Waals surface area contributed by atoms with Gasteiger partial charge in [-0.25, -0.2) is 4.39 Å². The van der Waals surface area contributed by atoms with Crippen molar-refractivity contribution in [2.24, 2.45) is 5.92 Å². The summed E-state index contributed by atoms with van der Waals surface area (Å²) in [5, 5.41) is 9.94. The molecule has 0 bridgehead atoms. The van der Waals surface area contributed by atoms with E-state index in [0.717, 1.165) is 5.56 Å². The van der Waals surface area contributed by atoms with Crippen molar-refractivity contribution in [1.82, 2.24) is 0 Å². The predicted molar refractivity (Wildman–Crippen MR) is 84.1 cm³/mol. The van der Waals surface area contributed by atoms with E-state index in [1.165, 1.54) is 6.07 Å². The zero-order chi connectivity index (χ0) is 15.4. The summed E-state index contributed by atoms with van der Waals surface area (Å²) in [6, 6.07) is 11.7. The topological polar surface area (TPSA) is 37.3 Å². The highest BCUT2D eigenvalue weighted by molar-refractivity contribution is 9.10. The zero-order valence-electron chi connectivity index (χ0n) is 11.0. The van der Waals surface area contributed by atoms with E-state index in [-0.39, 0.29) is 6.42 Å². The lowest BCUT2D eigenvalue weighted by molar-refractivity contribution is -0.141. The van der Waals surface area contributed by atoms with E-state index in [9.17, 15) is 14.3 Å². The molecule has 0 amide bonds. The Hall–Kier alpha value is -1.39. The lowest BCUT2D eigenvalue weighted by Crippen LogP contribution is -2.19. The van der Waals surface area contributed by atoms with Gasteiger partial charge in [0.25, 0.3) is 0 Å². The number of rotatable bonds is 5. The summed E-state index contributed by atoms with van der Waals surface area (Å²) >= 11 is 8.99. The van der Waals surface area contributed by atoms with Gasteiger partial charge in [0.15, 0.2) is 0 Å². The summed E-state index contributed by atoms with van der Waals surface area (Å²) in [6.45, 7) is 0. The van der Waals surface area contributed by atoms with Gasteiger partial charge in [-0.1, -0.05) is 45.7 Å². The Morgan fingerprint density at radius 1 is 1.19 bits per heavy atom. The maximum absolute atomic E-state index is 13.8. The number of hydrogen-bond acceptors (Lipinski definition) is 1. The molecule has 5 heteroatoms. The number of carbonyl (C=O) groups is 1. The van der Waals surface area contributed by atoms with Crippen molar-refractivity contribution in [2.45, 2.75) is 12.8 Å². The quantitative estimate of drug-likeness (QED) is 0.825. The first kappa shape index (κ1) is 16.0. The average molecular weight is 372 g/mol. The molecule has 0 radical (unpaired) electrons. The third kappa shape index (κ3) is 4.55. The number of benzene rings is 2. The van der Waals surface area contributed by atoms with Gasteiger partial charge in [0, 0.05) is 9.50 Å². The van der Waals surface area contributed by atoms with Crippen molar-refractivity contribution >= 4 is 33.5 Å². The summed E-state index contributed by atoms with van der Waals surface area (Å²) in [4.78, 5) is 11.4. The lowest BCUT2D eigenvalue weighted by Gasteiger charge is -2.13. The second-order valence-electron chi connectivity index (χ2n) is 4.81. The monoisotopic (exact) mass is 370 g/mol. The number of carboxylic acids is 1. The standard InChI is InChI=1S/C16H13BrClFO2/c17-13-4-3-11(15(19)9-13)8-12(16(20)21)7-10-1-5-14(18)6-2-10/h1-6,9,12H,7-8H2,(H,20,21). The normalized spacial score (nSPS) is 12.1. The Bertz CT molecular complexity index is 643. The number of halogens is 3. The summed E-state index contributed by atoms with van der Waals surface area (Å²) in [6.07, 6.45) is 0.485. The van der Waals surface area contributed by atoms with Crippen molar-refractivity contribution in [3.05, 3.63) is 68.9 Å². The third-order valence-corrected chi connectivity index (χ3v) is 3.97. The van der Waals surface area contributed by atoms with Crippen LogP contribution < -0.4 is 0 Å². The molecular formula is C16H13BrClFO2. The van der Waals surface area contributed by atoms with Crippen LogP contribution in [0, 0.1) is 11.7 Å². The fraction of sp³-hybridized carbons (Fsp3) is 0.188. The van der Waals surface area contributed by atoms with Crippen molar-refractivity contribution in [1.29, 1.82) is 0 Å². The van der Waals surface area contributed by atoms with Crippen molar-refractivity contribution in [3.8, 4) is 0 Å². The molecule has 0 aliphatic rings. The molecule has 1 atom stereocenters. The first-order valence-corrected chi connectivity index (χ1v) is 7.54. The summed E-state index contributed by atoms with van der Waals surface area (Å²) in [5.41, 5.74) is 1.27. The Balaban J connectivity index is 2.15. The van der Waals surface area contributed by atoms with Crippen LogP contribution in [-0.2, 0) is 17.6 Å². The fourth-order valence-corrected chi connectivity index (χ4v) is 2.56. The minimum atomic E-state index is -0.938. The molecule has 0 heterocycles. The van der Waals surface area contributed by atoms with Crippen LogP contribution >= 0.6 is 27.5 Å². The number of carboxylic acid groups (broad SMARTS) is 1. The molecular weight excluding hydrogens is 359 g/mol. The molecule has 110 valence electrons. The van der Waals surface area contributed by atoms with Gasteiger partial charge in [-0.05, 0) is 48.2 Å². The van der Waals surface area contributed by atoms with Crippen LogP contribution in [0.15, 0.2) is 46.9 Å². The van der Waals surface area contributed by atoms with E-state index in [0.29, 0.717) is 21.5 Å². The van der Waals surface area contributed by atoms with E-state index >= 15 is 0 Å². The second-order valence-corrected chi connectivity index (χ2v) is 6.16. The van der Waals surface area contributed by atoms with E-state index in [1.807, 2.05) is 0 Å². The molecule has 2 aromatic carbocycles. The molecule has 0 saturated carbocycles. The van der Waals surface area contributed by atoms with Crippen LogP contribution in [0.1, 0.15) is 11.1 Å². The molecule has 0 fully saturated rings. The maximum atomic E-state index is 13.8. The number of aliphatic carboxylic acids is 1. The highest BCUT2D eigenvalue weighted by Crippen LogP contribution is 2.21. The van der Waals surface area contributed by atoms with Gasteiger partial charge in [-0.2, -0.15) is 0 Å². The largest absolute Gasteiger partial charge is 0.481 e. The third-order valence-electron chi connectivity index (χ3n) is 3.23. The first-order chi connectivity index (χ1) is 9.95. The first-order valence-electron chi connectivity index (χ1n) is 6.37.